The van der Waals surface area contributed by atoms with E-state index in [-0.39, 0.29) is 42.2 Å². The maximum Gasteiger partial charge on any atom is 0.243 e. The number of guanidine groups is 1. The standard InChI is InChI=1S/C21H27FN4O2.HI/c1-15(16-4-10-19(28-3)11-5-16)12-13-24-21(23-2)25-14-20(27)26-18-8-6-17(22)7-9-18;/h4-11,15H,12-14H2,1-3H3,(H,26,27)(H2,23,24,25);1H. The number of ether oxygens (including phenoxy) is 1. The quantitative estimate of drug-likeness (QED) is 0.285. The lowest BCUT2D eigenvalue weighted by atomic mass is 9.98. The summed E-state index contributed by atoms with van der Waals surface area (Å²) in [4.78, 5) is 16.1. The molecule has 1 atom stereocenters. The molecule has 2 aromatic carbocycles. The predicted octanol–water partition coefficient (Wildman–Crippen LogP) is 3.75. The Morgan fingerprint density at radius 3 is 2.34 bits per heavy atom. The third kappa shape index (κ3) is 8.68. The van der Waals surface area contributed by atoms with E-state index in [1.54, 1.807) is 14.2 Å². The number of nitrogens with zero attached hydrogens (tertiary/aromatic N) is 1. The Kier molecular flexibility index (Phi) is 11.0. The molecule has 6 nitrogen and oxygen atoms in total. The zero-order valence-corrected chi connectivity index (χ0v) is 19.2. The van der Waals surface area contributed by atoms with Crippen molar-refractivity contribution in [3.05, 3.63) is 59.9 Å². The number of amides is 1. The number of nitrogens with one attached hydrogen (secondary N) is 3. The van der Waals surface area contributed by atoms with Gasteiger partial charge in [-0.1, -0.05) is 19.1 Å². The summed E-state index contributed by atoms with van der Waals surface area (Å²) in [5.74, 6) is 1.19. The molecular weight excluding hydrogens is 486 g/mol. The molecule has 0 aliphatic carbocycles. The molecule has 0 aliphatic heterocycles. The van der Waals surface area contributed by atoms with E-state index in [9.17, 15) is 9.18 Å². The summed E-state index contributed by atoms with van der Waals surface area (Å²) in [6, 6.07) is 13.7. The van der Waals surface area contributed by atoms with E-state index in [1.807, 2.05) is 12.1 Å². The van der Waals surface area contributed by atoms with Gasteiger partial charge in [-0.05, 0) is 54.3 Å². The smallest absolute Gasteiger partial charge is 0.243 e. The van der Waals surface area contributed by atoms with E-state index in [0.717, 1.165) is 12.2 Å². The van der Waals surface area contributed by atoms with Crippen LogP contribution in [0, 0.1) is 5.82 Å². The van der Waals surface area contributed by atoms with E-state index in [1.165, 1.54) is 29.8 Å². The van der Waals surface area contributed by atoms with Crippen LogP contribution >= 0.6 is 24.0 Å². The molecule has 2 rings (SSSR count). The Balaban J connectivity index is 0.00000420. The summed E-state index contributed by atoms with van der Waals surface area (Å²) in [5, 5.41) is 8.86. The van der Waals surface area contributed by atoms with E-state index in [0.29, 0.717) is 24.1 Å². The number of hydrogen-bond acceptors (Lipinski definition) is 3. The first kappa shape index (κ1) is 24.7. The molecule has 0 saturated carbocycles. The number of hydrogen-bond donors (Lipinski definition) is 3. The highest BCUT2D eigenvalue weighted by atomic mass is 127. The highest BCUT2D eigenvalue weighted by Crippen LogP contribution is 2.21. The Labute approximate surface area is 188 Å². The van der Waals surface area contributed by atoms with E-state index < -0.39 is 0 Å². The van der Waals surface area contributed by atoms with Crippen molar-refractivity contribution in [1.82, 2.24) is 10.6 Å². The number of carbonyl (C=O) groups is 1. The Bertz CT molecular complexity index is 782. The maximum atomic E-state index is 12.9. The number of carbonyl (C=O) groups excluding carboxylic acids is 1. The van der Waals surface area contributed by atoms with Crippen molar-refractivity contribution in [3.63, 3.8) is 0 Å². The summed E-state index contributed by atoms with van der Waals surface area (Å²) in [7, 11) is 3.31. The summed E-state index contributed by atoms with van der Waals surface area (Å²) in [6.45, 7) is 2.94. The van der Waals surface area contributed by atoms with Gasteiger partial charge in [0.05, 0.1) is 13.7 Å². The lowest BCUT2D eigenvalue weighted by molar-refractivity contribution is -0.115. The normalized spacial score (nSPS) is 11.8. The van der Waals surface area contributed by atoms with Crippen LogP contribution in [0.3, 0.4) is 0 Å². The average molecular weight is 514 g/mol. The average Bonchev–Trinajstić information content (AvgIpc) is 2.72. The van der Waals surface area contributed by atoms with E-state index in [2.05, 4.69) is 40.0 Å². The van der Waals surface area contributed by atoms with Crippen molar-refractivity contribution in [1.29, 1.82) is 0 Å². The second-order valence-corrected chi connectivity index (χ2v) is 6.37. The molecule has 0 heterocycles. The lowest BCUT2D eigenvalue weighted by Crippen LogP contribution is -2.41. The molecule has 0 spiro atoms. The fourth-order valence-corrected chi connectivity index (χ4v) is 2.63. The molecule has 0 radical (unpaired) electrons. The second-order valence-electron chi connectivity index (χ2n) is 6.37. The van der Waals surface area contributed by atoms with Crippen LogP contribution in [0.5, 0.6) is 5.75 Å². The topological polar surface area (TPSA) is 74.8 Å². The summed E-state index contributed by atoms with van der Waals surface area (Å²) >= 11 is 0. The molecule has 0 aliphatic rings. The van der Waals surface area contributed by atoms with Gasteiger partial charge in [-0.25, -0.2) is 4.39 Å². The molecule has 29 heavy (non-hydrogen) atoms. The van der Waals surface area contributed by atoms with Crippen LogP contribution in [-0.4, -0.2) is 39.1 Å². The molecule has 3 N–H and O–H groups in total. The van der Waals surface area contributed by atoms with Gasteiger partial charge in [0.15, 0.2) is 5.96 Å². The summed E-state index contributed by atoms with van der Waals surface area (Å²) in [6.07, 6.45) is 0.912. The van der Waals surface area contributed by atoms with Crippen LogP contribution in [0.25, 0.3) is 0 Å². The van der Waals surface area contributed by atoms with Gasteiger partial charge < -0.3 is 20.7 Å². The largest absolute Gasteiger partial charge is 0.497 e. The number of methoxy groups -OCH3 is 1. The zero-order valence-electron chi connectivity index (χ0n) is 16.9. The van der Waals surface area contributed by atoms with Crippen molar-refractivity contribution in [2.24, 2.45) is 4.99 Å². The first-order valence-electron chi connectivity index (χ1n) is 9.15. The van der Waals surface area contributed by atoms with Crippen molar-refractivity contribution >= 4 is 41.5 Å². The summed E-state index contributed by atoms with van der Waals surface area (Å²) in [5.41, 5.74) is 1.79. The van der Waals surface area contributed by atoms with Crippen molar-refractivity contribution in [2.45, 2.75) is 19.3 Å². The van der Waals surface area contributed by atoms with Crippen LogP contribution < -0.4 is 20.7 Å². The van der Waals surface area contributed by atoms with Crippen molar-refractivity contribution in [2.75, 3.05) is 32.6 Å². The highest BCUT2D eigenvalue weighted by Gasteiger charge is 2.08. The molecule has 0 saturated heterocycles. The minimum absolute atomic E-state index is 0. The summed E-state index contributed by atoms with van der Waals surface area (Å²) < 4.78 is 18.1. The van der Waals surface area contributed by atoms with E-state index >= 15 is 0 Å². The number of benzene rings is 2. The first-order valence-corrected chi connectivity index (χ1v) is 9.15. The van der Waals surface area contributed by atoms with Crippen molar-refractivity contribution < 1.29 is 13.9 Å². The number of aliphatic imine (C=N–C) groups is 1. The van der Waals surface area contributed by atoms with Crippen LogP contribution in [0.15, 0.2) is 53.5 Å². The van der Waals surface area contributed by atoms with E-state index in [4.69, 9.17) is 4.74 Å². The van der Waals surface area contributed by atoms with Gasteiger partial charge in [0.2, 0.25) is 5.91 Å². The number of halogens is 2. The first-order chi connectivity index (χ1) is 13.5. The Morgan fingerprint density at radius 2 is 1.76 bits per heavy atom. The van der Waals surface area contributed by atoms with Gasteiger partial charge >= 0.3 is 0 Å². The SMILES string of the molecule is CN=C(NCCC(C)c1ccc(OC)cc1)NCC(=O)Nc1ccc(F)cc1.I. The van der Waals surface area contributed by atoms with Gasteiger partial charge in [-0.3, -0.25) is 9.79 Å². The van der Waals surface area contributed by atoms with Crippen LogP contribution in [0.4, 0.5) is 10.1 Å². The number of anilines is 1. The minimum Gasteiger partial charge on any atom is -0.497 e. The lowest BCUT2D eigenvalue weighted by Gasteiger charge is -2.15. The molecular formula is C21H28FIN4O2. The second kappa shape index (κ2) is 13.0. The van der Waals surface area contributed by atoms with Crippen LogP contribution in [0.2, 0.25) is 0 Å². The fraction of sp³-hybridized carbons (Fsp3) is 0.333. The van der Waals surface area contributed by atoms with Crippen LogP contribution in [0.1, 0.15) is 24.8 Å². The van der Waals surface area contributed by atoms with Gasteiger partial charge in [0, 0.05) is 19.3 Å². The van der Waals surface area contributed by atoms with Crippen molar-refractivity contribution in [3.8, 4) is 5.75 Å². The zero-order chi connectivity index (χ0) is 20.4. The molecule has 2 aromatic rings. The maximum absolute atomic E-state index is 12.9. The third-order valence-electron chi connectivity index (χ3n) is 4.32. The Hall–Kier alpha value is -2.36. The monoisotopic (exact) mass is 514 g/mol. The highest BCUT2D eigenvalue weighted by molar-refractivity contribution is 14.0. The molecule has 0 bridgehead atoms. The van der Waals surface area contributed by atoms with Gasteiger partial charge in [-0.15, -0.1) is 24.0 Å². The predicted molar refractivity (Wildman–Crippen MR) is 126 cm³/mol. The molecule has 1 amide bonds. The molecule has 8 heteroatoms. The number of rotatable bonds is 8. The molecule has 1 unspecified atom stereocenters. The van der Waals surface area contributed by atoms with Gasteiger partial charge in [-0.2, -0.15) is 0 Å². The minimum atomic E-state index is -0.343. The molecule has 158 valence electrons. The van der Waals surface area contributed by atoms with Gasteiger partial charge in [0.1, 0.15) is 11.6 Å². The third-order valence-corrected chi connectivity index (χ3v) is 4.32. The fourth-order valence-electron chi connectivity index (χ4n) is 2.63. The molecule has 0 aromatic heterocycles. The Morgan fingerprint density at radius 1 is 1.10 bits per heavy atom. The van der Waals surface area contributed by atoms with Crippen LogP contribution in [-0.2, 0) is 4.79 Å². The van der Waals surface area contributed by atoms with Gasteiger partial charge in [0.25, 0.3) is 0 Å². The molecule has 0 fully saturated rings.